The van der Waals surface area contributed by atoms with Crippen LogP contribution in [-0.2, 0) is 9.59 Å². The number of hydrogen-bond acceptors (Lipinski definition) is 7. The monoisotopic (exact) mass is 378 g/mol. The minimum absolute atomic E-state index is 0.0564. The van der Waals surface area contributed by atoms with Gasteiger partial charge in [0.2, 0.25) is 11.5 Å². The Morgan fingerprint density at radius 1 is 1.07 bits per heavy atom. The Hall–Kier alpha value is -3.51. The molecule has 0 aliphatic carbocycles. The first-order valence-electron chi connectivity index (χ1n) is 8.95. The lowest BCUT2D eigenvalue weighted by Crippen LogP contribution is -2.38. The lowest BCUT2D eigenvalue weighted by molar-refractivity contribution is -0.128. The van der Waals surface area contributed by atoms with Crippen LogP contribution in [0.3, 0.4) is 0 Å². The molecule has 4 heterocycles. The molecule has 142 valence electrons. The summed E-state index contributed by atoms with van der Waals surface area (Å²) in [5.74, 6) is 0.424. The number of nitriles is 1. The molecule has 2 aromatic heterocycles. The number of amides is 2. The lowest BCUT2D eigenvalue weighted by Gasteiger charge is -2.18. The van der Waals surface area contributed by atoms with Crippen molar-refractivity contribution in [2.24, 2.45) is 0 Å². The van der Waals surface area contributed by atoms with Crippen LogP contribution in [-0.4, -0.2) is 45.6 Å². The first kappa shape index (κ1) is 17.9. The quantitative estimate of drug-likeness (QED) is 0.770. The summed E-state index contributed by atoms with van der Waals surface area (Å²) in [5.41, 5.74) is -0.681. The molecule has 9 heteroatoms. The zero-order valence-corrected chi connectivity index (χ0v) is 15.0. The number of anilines is 4. The summed E-state index contributed by atoms with van der Waals surface area (Å²) in [6.45, 7) is 0.937. The van der Waals surface area contributed by atoms with Gasteiger partial charge in [-0.1, -0.05) is 0 Å². The molecule has 4 rings (SSSR count). The number of hydrogen-bond donors (Lipinski definition) is 2. The molecule has 2 aliphatic rings. The van der Waals surface area contributed by atoms with E-state index in [9.17, 15) is 14.7 Å². The first-order valence-corrected chi connectivity index (χ1v) is 8.95. The highest BCUT2D eigenvalue weighted by molar-refractivity contribution is 6.03. The van der Waals surface area contributed by atoms with E-state index < -0.39 is 11.5 Å². The molecular weight excluding hydrogens is 360 g/mol. The Balaban J connectivity index is 1.54. The average molecular weight is 378 g/mol. The number of pyridine rings is 2. The molecule has 0 saturated carbocycles. The van der Waals surface area contributed by atoms with Gasteiger partial charge in [0, 0.05) is 61.8 Å². The summed E-state index contributed by atoms with van der Waals surface area (Å²) in [6, 6.07) is 8.51. The van der Waals surface area contributed by atoms with Gasteiger partial charge in [-0.3, -0.25) is 9.59 Å². The third kappa shape index (κ3) is 3.14. The van der Waals surface area contributed by atoms with Crippen molar-refractivity contribution in [2.45, 2.75) is 24.9 Å². The molecule has 0 bridgehead atoms. The van der Waals surface area contributed by atoms with Gasteiger partial charge in [0.25, 0.3) is 5.91 Å². The van der Waals surface area contributed by atoms with Crippen LogP contribution in [0.5, 0.6) is 0 Å². The van der Waals surface area contributed by atoms with Crippen LogP contribution in [0.25, 0.3) is 0 Å². The van der Waals surface area contributed by atoms with E-state index in [1.165, 1.54) is 11.1 Å². The average Bonchev–Trinajstić information content (AvgIpc) is 3.26. The lowest BCUT2D eigenvalue weighted by atomic mass is 10.1. The fourth-order valence-electron chi connectivity index (χ4n) is 3.42. The summed E-state index contributed by atoms with van der Waals surface area (Å²) < 4.78 is 0. The van der Waals surface area contributed by atoms with Crippen molar-refractivity contribution < 1.29 is 14.7 Å². The summed E-state index contributed by atoms with van der Waals surface area (Å²) in [4.78, 5) is 35.8. The third-order valence-electron chi connectivity index (χ3n) is 4.92. The van der Waals surface area contributed by atoms with Crippen molar-refractivity contribution in [2.75, 3.05) is 28.2 Å². The van der Waals surface area contributed by atoms with Crippen molar-refractivity contribution in [3.63, 3.8) is 0 Å². The summed E-state index contributed by atoms with van der Waals surface area (Å²) in [5, 5.41) is 22.1. The predicted molar refractivity (Wildman–Crippen MR) is 101 cm³/mol. The van der Waals surface area contributed by atoms with Gasteiger partial charge in [0.05, 0.1) is 0 Å². The number of aromatic nitrogens is 2. The Labute approximate surface area is 161 Å². The van der Waals surface area contributed by atoms with E-state index in [-0.39, 0.29) is 18.9 Å². The highest BCUT2D eigenvalue weighted by atomic mass is 16.3. The van der Waals surface area contributed by atoms with Gasteiger partial charge in [-0.2, -0.15) is 5.26 Å². The second-order valence-electron chi connectivity index (χ2n) is 6.75. The standard InChI is InChI=1S/C19H18N6O3/c20-12-19(28)5-9-25(18(19)27)14-4-7-22-16(11-14)23-15-10-13(3-6-21-15)24-8-1-2-17(24)26/h3-4,6-7,10-11,28H,1-2,5,8-9H2,(H,21,22,23)/t19-/m0/s1. The van der Waals surface area contributed by atoms with Crippen LogP contribution in [0, 0.1) is 11.3 Å². The Morgan fingerprint density at radius 3 is 2.25 bits per heavy atom. The van der Waals surface area contributed by atoms with Crippen LogP contribution in [0.4, 0.5) is 23.0 Å². The molecule has 1 atom stereocenters. The number of nitrogens with one attached hydrogen (secondary N) is 1. The molecule has 2 saturated heterocycles. The molecule has 0 radical (unpaired) electrons. The van der Waals surface area contributed by atoms with Gasteiger partial charge in [-0.15, -0.1) is 0 Å². The molecular formula is C19H18N6O3. The zero-order valence-electron chi connectivity index (χ0n) is 15.0. The number of rotatable bonds is 4. The van der Waals surface area contributed by atoms with Gasteiger partial charge in [-0.25, -0.2) is 9.97 Å². The van der Waals surface area contributed by atoms with E-state index in [0.717, 1.165) is 12.1 Å². The van der Waals surface area contributed by atoms with Crippen LogP contribution in [0.1, 0.15) is 19.3 Å². The molecule has 0 unspecified atom stereocenters. The van der Waals surface area contributed by atoms with Gasteiger partial charge in [0.15, 0.2) is 0 Å². The largest absolute Gasteiger partial charge is 0.368 e. The minimum atomic E-state index is -1.98. The van der Waals surface area contributed by atoms with Gasteiger partial charge in [-0.05, 0) is 18.6 Å². The molecule has 28 heavy (non-hydrogen) atoms. The second kappa shape index (κ2) is 6.90. The maximum absolute atomic E-state index is 12.3. The molecule has 0 spiro atoms. The number of nitrogens with zero attached hydrogens (tertiary/aromatic N) is 5. The SMILES string of the molecule is N#C[C@@]1(O)CCN(c2ccnc(Nc3cc(N4CCCC4=O)ccn3)c2)C1=O. The fraction of sp³-hybridized carbons (Fsp3) is 0.316. The van der Waals surface area contributed by atoms with E-state index in [1.54, 1.807) is 41.4 Å². The van der Waals surface area contributed by atoms with Crippen LogP contribution >= 0.6 is 0 Å². The Kier molecular flexibility index (Phi) is 4.41. The van der Waals surface area contributed by atoms with E-state index >= 15 is 0 Å². The van der Waals surface area contributed by atoms with Crippen LogP contribution < -0.4 is 15.1 Å². The topological polar surface area (TPSA) is 122 Å². The Bertz CT molecular complexity index is 988. The highest BCUT2D eigenvalue weighted by Crippen LogP contribution is 2.30. The summed E-state index contributed by atoms with van der Waals surface area (Å²) >= 11 is 0. The number of carbonyl (C=O) groups excluding carboxylic acids is 2. The van der Waals surface area contributed by atoms with Gasteiger partial charge < -0.3 is 20.2 Å². The summed E-state index contributed by atoms with van der Waals surface area (Å²) in [6.07, 6.45) is 4.59. The van der Waals surface area contributed by atoms with Crippen molar-refractivity contribution >= 4 is 34.8 Å². The first-order chi connectivity index (χ1) is 13.5. The molecule has 2 amide bonds. The molecule has 2 aliphatic heterocycles. The van der Waals surface area contributed by atoms with Crippen LogP contribution in [0.15, 0.2) is 36.7 Å². The Morgan fingerprint density at radius 2 is 1.71 bits per heavy atom. The molecule has 2 N–H and O–H groups in total. The van der Waals surface area contributed by atoms with Gasteiger partial charge in [0.1, 0.15) is 17.7 Å². The maximum Gasteiger partial charge on any atom is 0.273 e. The van der Waals surface area contributed by atoms with Crippen molar-refractivity contribution in [3.05, 3.63) is 36.7 Å². The van der Waals surface area contributed by atoms with Gasteiger partial charge >= 0.3 is 0 Å². The predicted octanol–water partition coefficient (Wildman–Crippen LogP) is 1.34. The highest BCUT2D eigenvalue weighted by Gasteiger charge is 2.46. The van der Waals surface area contributed by atoms with Crippen molar-refractivity contribution in [1.29, 1.82) is 5.26 Å². The van der Waals surface area contributed by atoms with E-state index in [0.29, 0.717) is 30.3 Å². The smallest absolute Gasteiger partial charge is 0.273 e. The van der Waals surface area contributed by atoms with E-state index in [4.69, 9.17) is 5.26 Å². The van der Waals surface area contributed by atoms with Crippen molar-refractivity contribution in [3.8, 4) is 6.07 Å². The fourth-order valence-corrected chi connectivity index (χ4v) is 3.42. The normalized spacial score (nSPS) is 21.9. The molecule has 2 fully saturated rings. The van der Waals surface area contributed by atoms with Crippen LogP contribution in [0.2, 0.25) is 0 Å². The minimum Gasteiger partial charge on any atom is -0.368 e. The molecule has 2 aromatic rings. The number of carbonyl (C=O) groups is 2. The molecule has 9 nitrogen and oxygen atoms in total. The van der Waals surface area contributed by atoms with E-state index in [2.05, 4.69) is 15.3 Å². The zero-order chi connectivity index (χ0) is 19.7. The summed E-state index contributed by atoms with van der Waals surface area (Å²) in [7, 11) is 0. The third-order valence-corrected chi connectivity index (χ3v) is 4.92. The molecule has 0 aromatic carbocycles. The maximum atomic E-state index is 12.3. The number of aliphatic hydroxyl groups is 1. The van der Waals surface area contributed by atoms with Crippen molar-refractivity contribution in [1.82, 2.24) is 9.97 Å². The second-order valence-corrected chi connectivity index (χ2v) is 6.75. The van der Waals surface area contributed by atoms with E-state index in [1.807, 2.05) is 0 Å².